The van der Waals surface area contributed by atoms with Gasteiger partial charge in [0.25, 0.3) is 0 Å². The average Bonchev–Trinajstić information content (AvgIpc) is 2.57. The predicted molar refractivity (Wildman–Crippen MR) is 99.9 cm³/mol. The van der Waals surface area contributed by atoms with Gasteiger partial charge < -0.3 is 25.0 Å². The molecule has 1 rings (SSSR count). The van der Waals surface area contributed by atoms with E-state index in [1.807, 2.05) is 6.08 Å². The summed E-state index contributed by atoms with van der Waals surface area (Å²) in [7, 11) is 0. The van der Waals surface area contributed by atoms with Gasteiger partial charge in [-0.25, -0.2) is 9.59 Å². The zero-order valence-electron chi connectivity index (χ0n) is 15.7. The highest BCUT2D eigenvalue weighted by molar-refractivity contribution is 6.27. The van der Waals surface area contributed by atoms with Crippen LogP contribution in [0.2, 0.25) is 0 Å². The molecule has 0 amide bonds. The summed E-state index contributed by atoms with van der Waals surface area (Å²) >= 11 is 0. The maximum absolute atomic E-state index is 9.10. The number of carboxylic acids is 2. The van der Waals surface area contributed by atoms with Crippen LogP contribution in [0, 0.1) is 6.92 Å². The summed E-state index contributed by atoms with van der Waals surface area (Å²) in [5.74, 6) is -2.20. The second-order valence-corrected chi connectivity index (χ2v) is 5.80. The highest BCUT2D eigenvalue weighted by atomic mass is 16.5. The van der Waals surface area contributed by atoms with Crippen molar-refractivity contribution < 1.29 is 29.3 Å². The van der Waals surface area contributed by atoms with Crippen LogP contribution in [0.4, 0.5) is 0 Å². The summed E-state index contributed by atoms with van der Waals surface area (Å²) in [6.45, 7) is 13.7. The Labute approximate surface area is 154 Å². The molecule has 0 radical (unpaired) electrons. The van der Waals surface area contributed by atoms with Crippen LogP contribution in [-0.2, 0) is 14.3 Å². The van der Waals surface area contributed by atoms with Crippen molar-refractivity contribution in [3.63, 3.8) is 0 Å². The van der Waals surface area contributed by atoms with Gasteiger partial charge in [-0.05, 0) is 36.1 Å². The van der Waals surface area contributed by atoms with E-state index in [1.165, 1.54) is 11.1 Å². The molecule has 1 aromatic rings. The Bertz CT molecular complexity index is 559. The second-order valence-electron chi connectivity index (χ2n) is 5.80. The van der Waals surface area contributed by atoms with Crippen LogP contribution < -0.4 is 10.1 Å². The van der Waals surface area contributed by atoms with Gasteiger partial charge in [-0.3, -0.25) is 0 Å². The quantitative estimate of drug-likeness (QED) is 0.331. The van der Waals surface area contributed by atoms with Crippen molar-refractivity contribution in [3.05, 3.63) is 42.0 Å². The highest BCUT2D eigenvalue weighted by Gasteiger charge is 2.04. The second kappa shape index (κ2) is 13.9. The lowest BCUT2D eigenvalue weighted by Crippen LogP contribution is -2.20. The number of ether oxygens (including phenoxy) is 2. The molecule has 0 aliphatic rings. The third kappa shape index (κ3) is 12.0. The van der Waals surface area contributed by atoms with E-state index in [0.29, 0.717) is 25.7 Å². The largest absolute Gasteiger partial charge is 0.491 e. The SMILES string of the molecule is C=CCNCCOCCOc1cc(C)cc(C(C)C)c1.O=C(O)C(=O)O. The van der Waals surface area contributed by atoms with Crippen molar-refractivity contribution in [1.29, 1.82) is 0 Å². The molecule has 146 valence electrons. The Hall–Kier alpha value is -2.38. The van der Waals surface area contributed by atoms with Crippen LogP contribution >= 0.6 is 0 Å². The first kappa shape index (κ1) is 23.6. The van der Waals surface area contributed by atoms with Gasteiger partial charge in [0.15, 0.2) is 0 Å². The molecule has 0 heterocycles. The molecule has 26 heavy (non-hydrogen) atoms. The molecule has 0 spiro atoms. The van der Waals surface area contributed by atoms with Crippen LogP contribution in [-0.4, -0.2) is 55.1 Å². The number of hydrogen-bond acceptors (Lipinski definition) is 5. The average molecular weight is 367 g/mol. The molecule has 0 atom stereocenters. The summed E-state index contributed by atoms with van der Waals surface area (Å²) < 4.78 is 11.2. The maximum Gasteiger partial charge on any atom is 0.414 e. The van der Waals surface area contributed by atoms with Crippen LogP contribution in [0.1, 0.15) is 30.9 Å². The first-order valence-electron chi connectivity index (χ1n) is 8.37. The van der Waals surface area contributed by atoms with Crippen molar-refractivity contribution in [2.24, 2.45) is 0 Å². The van der Waals surface area contributed by atoms with Gasteiger partial charge in [0.2, 0.25) is 0 Å². The summed E-state index contributed by atoms with van der Waals surface area (Å²) in [6.07, 6.45) is 1.84. The number of aryl methyl sites for hydroxylation is 1. The van der Waals surface area contributed by atoms with Crippen LogP contribution in [0.25, 0.3) is 0 Å². The van der Waals surface area contributed by atoms with Gasteiger partial charge >= 0.3 is 11.9 Å². The Balaban J connectivity index is 0.000000896. The maximum atomic E-state index is 9.10. The molecule has 0 aliphatic carbocycles. The minimum atomic E-state index is -1.82. The number of aliphatic carboxylic acids is 2. The summed E-state index contributed by atoms with van der Waals surface area (Å²) in [5.41, 5.74) is 2.55. The van der Waals surface area contributed by atoms with E-state index >= 15 is 0 Å². The van der Waals surface area contributed by atoms with E-state index in [9.17, 15) is 0 Å². The van der Waals surface area contributed by atoms with E-state index in [1.54, 1.807) is 0 Å². The highest BCUT2D eigenvalue weighted by Crippen LogP contribution is 2.22. The van der Waals surface area contributed by atoms with Crippen LogP contribution in [0.3, 0.4) is 0 Å². The third-order valence-corrected chi connectivity index (χ3v) is 3.13. The molecule has 7 heteroatoms. The lowest BCUT2D eigenvalue weighted by molar-refractivity contribution is -0.159. The molecule has 0 saturated heterocycles. The third-order valence-electron chi connectivity index (χ3n) is 3.13. The Kier molecular flexibility index (Phi) is 12.6. The number of rotatable bonds is 10. The lowest BCUT2D eigenvalue weighted by Gasteiger charge is -2.12. The summed E-state index contributed by atoms with van der Waals surface area (Å²) in [5, 5.41) is 18.0. The molecule has 0 unspecified atom stereocenters. The van der Waals surface area contributed by atoms with Gasteiger partial charge in [-0.1, -0.05) is 26.0 Å². The molecule has 0 bridgehead atoms. The monoisotopic (exact) mass is 367 g/mol. The predicted octanol–water partition coefficient (Wildman–Crippen LogP) is 2.45. The summed E-state index contributed by atoms with van der Waals surface area (Å²) in [6, 6.07) is 6.39. The van der Waals surface area contributed by atoms with Crippen molar-refractivity contribution >= 4 is 11.9 Å². The fourth-order valence-electron chi connectivity index (χ4n) is 1.86. The van der Waals surface area contributed by atoms with Gasteiger partial charge in [-0.2, -0.15) is 0 Å². The molecule has 0 aliphatic heterocycles. The standard InChI is InChI=1S/C17H27NO2.C2H2O4/c1-5-6-18-7-8-19-9-10-20-17-12-15(4)11-16(13-17)14(2)3;3-1(4)2(5)6/h5,11-14,18H,1,6-10H2,2-4H3;(H,3,4)(H,5,6). The minimum Gasteiger partial charge on any atom is -0.491 e. The molecular weight excluding hydrogens is 338 g/mol. The smallest absolute Gasteiger partial charge is 0.414 e. The number of carboxylic acid groups (broad SMARTS) is 2. The van der Waals surface area contributed by atoms with Gasteiger partial charge in [0.05, 0.1) is 13.2 Å². The van der Waals surface area contributed by atoms with Gasteiger partial charge in [0, 0.05) is 13.1 Å². The van der Waals surface area contributed by atoms with Gasteiger partial charge in [-0.15, -0.1) is 6.58 Å². The summed E-state index contributed by atoms with van der Waals surface area (Å²) in [4.78, 5) is 18.2. The fraction of sp³-hybridized carbons (Fsp3) is 0.474. The molecular formula is C19H29NO6. The van der Waals surface area contributed by atoms with E-state index in [2.05, 4.69) is 50.9 Å². The van der Waals surface area contributed by atoms with E-state index in [4.69, 9.17) is 29.3 Å². The van der Waals surface area contributed by atoms with E-state index in [0.717, 1.165) is 18.8 Å². The van der Waals surface area contributed by atoms with Crippen LogP contribution in [0.5, 0.6) is 5.75 Å². The number of carbonyl (C=O) groups is 2. The Morgan fingerprint density at radius 1 is 1.15 bits per heavy atom. The minimum absolute atomic E-state index is 0.518. The van der Waals surface area contributed by atoms with Crippen molar-refractivity contribution in [2.45, 2.75) is 26.7 Å². The number of benzene rings is 1. The molecule has 7 nitrogen and oxygen atoms in total. The normalized spacial score (nSPS) is 10.0. The number of nitrogens with one attached hydrogen (secondary N) is 1. The van der Waals surface area contributed by atoms with Gasteiger partial charge in [0.1, 0.15) is 12.4 Å². The first-order chi connectivity index (χ1) is 12.3. The van der Waals surface area contributed by atoms with E-state index < -0.39 is 11.9 Å². The van der Waals surface area contributed by atoms with Crippen molar-refractivity contribution in [1.82, 2.24) is 5.32 Å². The van der Waals surface area contributed by atoms with E-state index in [-0.39, 0.29) is 0 Å². The zero-order valence-corrected chi connectivity index (χ0v) is 15.7. The first-order valence-corrected chi connectivity index (χ1v) is 8.37. The zero-order chi connectivity index (χ0) is 19.9. The Morgan fingerprint density at radius 3 is 2.35 bits per heavy atom. The number of hydrogen-bond donors (Lipinski definition) is 3. The molecule has 1 aromatic carbocycles. The lowest BCUT2D eigenvalue weighted by atomic mass is 10.0. The van der Waals surface area contributed by atoms with Crippen molar-refractivity contribution in [2.75, 3.05) is 32.9 Å². The molecule has 0 fully saturated rings. The topological polar surface area (TPSA) is 105 Å². The van der Waals surface area contributed by atoms with Crippen molar-refractivity contribution in [3.8, 4) is 5.75 Å². The molecule has 0 saturated carbocycles. The Morgan fingerprint density at radius 2 is 1.81 bits per heavy atom. The molecule has 3 N–H and O–H groups in total. The molecule has 0 aromatic heterocycles. The fourth-order valence-corrected chi connectivity index (χ4v) is 1.86. The van der Waals surface area contributed by atoms with Crippen LogP contribution in [0.15, 0.2) is 30.9 Å².